The molecule has 2 aliphatic heterocycles. The first-order valence-corrected chi connectivity index (χ1v) is 19.8. The quantitative estimate of drug-likeness (QED) is 0.346. The number of hydrogen-bond donors (Lipinski definition) is 3. The minimum atomic E-state index is -3.88. The van der Waals surface area contributed by atoms with Gasteiger partial charge < -0.3 is 25.0 Å². The Balaban J connectivity index is 1.35. The third kappa shape index (κ3) is 8.20. The molecule has 280 valence electrons. The van der Waals surface area contributed by atoms with Crippen molar-refractivity contribution in [1.82, 2.24) is 20.3 Å². The van der Waals surface area contributed by atoms with E-state index in [1.807, 2.05) is 66.7 Å². The summed E-state index contributed by atoms with van der Waals surface area (Å²) in [7, 11) is -2.34. The first-order chi connectivity index (χ1) is 24.7. The van der Waals surface area contributed by atoms with Crippen LogP contribution in [0.1, 0.15) is 84.1 Å². The van der Waals surface area contributed by atoms with Gasteiger partial charge in [-0.15, -0.1) is 0 Å². The van der Waals surface area contributed by atoms with Crippen molar-refractivity contribution in [3.8, 4) is 11.1 Å². The highest BCUT2D eigenvalue weighted by Crippen LogP contribution is 2.47. The van der Waals surface area contributed by atoms with Crippen LogP contribution in [0.4, 0.5) is 4.79 Å². The number of nitrogens with zero attached hydrogens (tertiary/aromatic N) is 1. The second-order valence-corrected chi connectivity index (χ2v) is 17.5. The molecule has 1 saturated heterocycles. The van der Waals surface area contributed by atoms with Gasteiger partial charge in [0.1, 0.15) is 28.8 Å². The summed E-state index contributed by atoms with van der Waals surface area (Å²) in [6.07, 6.45) is 7.58. The predicted molar refractivity (Wildman–Crippen MR) is 195 cm³/mol. The first kappa shape index (κ1) is 37.5. The zero-order valence-corrected chi connectivity index (χ0v) is 31.2. The molecule has 52 heavy (non-hydrogen) atoms. The number of nitrogens with one attached hydrogen (secondary N) is 3. The smallest absolute Gasteiger partial charge is 0.408 e. The summed E-state index contributed by atoms with van der Waals surface area (Å²) in [5.74, 6) is -2.27. The lowest BCUT2D eigenvalue weighted by Gasteiger charge is -2.31. The van der Waals surface area contributed by atoms with E-state index >= 15 is 0 Å². The minimum absolute atomic E-state index is 0.00378. The molecule has 6 rings (SSSR count). The van der Waals surface area contributed by atoms with Crippen LogP contribution >= 0.6 is 0 Å². The van der Waals surface area contributed by atoms with Crippen LogP contribution in [0.3, 0.4) is 0 Å². The molecule has 3 N–H and O–H groups in total. The summed E-state index contributed by atoms with van der Waals surface area (Å²) >= 11 is 0. The van der Waals surface area contributed by atoms with Crippen molar-refractivity contribution < 1.29 is 37.1 Å². The number of amides is 4. The lowest BCUT2D eigenvalue weighted by Crippen LogP contribution is -2.58. The van der Waals surface area contributed by atoms with Crippen molar-refractivity contribution in [2.75, 3.05) is 13.7 Å². The van der Waals surface area contributed by atoms with Gasteiger partial charge in [0, 0.05) is 19.4 Å². The van der Waals surface area contributed by atoms with Gasteiger partial charge in [0.25, 0.3) is 5.91 Å². The van der Waals surface area contributed by atoms with Crippen LogP contribution in [0.5, 0.6) is 0 Å². The van der Waals surface area contributed by atoms with E-state index in [9.17, 15) is 27.6 Å². The maximum atomic E-state index is 14.6. The number of carbonyl (C=O) groups excluding carboxylic acids is 4. The summed E-state index contributed by atoms with van der Waals surface area (Å²) < 4.78 is 39.6. The van der Waals surface area contributed by atoms with Crippen molar-refractivity contribution in [3.63, 3.8) is 0 Å². The van der Waals surface area contributed by atoms with Gasteiger partial charge in [-0.05, 0) is 76.0 Å². The molecular weight excluding hydrogens is 685 g/mol. The van der Waals surface area contributed by atoms with E-state index in [1.165, 1.54) is 12.0 Å². The summed E-state index contributed by atoms with van der Waals surface area (Å²) in [6.45, 7) is 5.21. The number of rotatable bonds is 7. The third-order valence-electron chi connectivity index (χ3n) is 10.5. The van der Waals surface area contributed by atoms with Crippen LogP contribution in [-0.4, -0.2) is 79.3 Å². The molecule has 0 aromatic heterocycles. The molecular formula is C39H50N4O8S. The standard InChI is InChI=1S/C39H50N4O8S/c1-37(2,3)51-36(47)40-31-16-12-7-5-6-11-15-29-23-39(29,35(46)42-52(48,49)30-21-22-30)41-33(44)32-24-38(50-4,25-43(32)34(31)45)28-19-17-27(18-20-28)26-13-9-8-10-14-26/h8-11,13-15,17-20,29-32H,5-7,12,16,21-25H2,1-4H3,(H,40,47)(H,41,44)(H,42,46)/b15-11-/t29-,31?,32+,38+,39-/m1/s1. The average Bonchev–Trinajstić information content (AvgIpc) is 4.03. The van der Waals surface area contributed by atoms with Crippen LogP contribution in [0.2, 0.25) is 0 Å². The number of carbonyl (C=O) groups is 4. The molecule has 0 bridgehead atoms. The SMILES string of the molecule is CO[C@@]1(c2ccc(-c3ccccc3)cc2)C[C@H]2C(=O)N[C@]3(C(=O)NS(=O)(=O)C4CC4)C[C@H]3/C=C\CCCCCC(NC(=O)OC(C)(C)C)C(=O)N2C1. The largest absolute Gasteiger partial charge is 0.444 e. The van der Waals surface area contributed by atoms with Gasteiger partial charge in [0.15, 0.2) is 0 Å². The molecule has 12 nitrogen and oxygen atoms in total. The number of alkyl carbamates (subject to hydrolysis) is 1. The second kappa shape index (κ2) is 14.7. The maximum Gasteiger partial charge on any atom is 0.408 e. The topological polar surface area (TPSA) is 160 Å². The monoisotopic (exact) mass is 734 g/mol. The predicted octanol–water partition coefficient (Wildman–Crippen LogP) is 4.69. The van der Waals surface area contributed by atoms with Gasteiger partial charge in [0.2, 0.25) is 21.8 Å². The zero-order valence-electron chi connectivity index (χ0n) is 30.4. The van der Waals surface area contributed by atoms with Crippen LogP contribution in [0, 0.1) is 5.92 Å². The van der Waals surface area contributed by atoms with E-state index in [0.29, 0.717) is 32.1 Å². The number of ether oxygens (including phenoxy) is 2. The van der Waals surface area contributed by atoms with Gasteiger partial charge in [0.05, 0.1) is 11.8 Å². The molecule has 3 fully saturated rings. The minimum Gasteiger partial charge on any atom is -0.444 e. The Bertz CT molecular complexity index is 1810. The Kier molecular flexibility index (Phi) is 10.6. The van der Waals surface area contributed by atoms with Gasteiger partial charge in [-0.3, -0.25) is 19.1 Å². The van der Waals surface area contributed by atoms with Crippen molar-refractivity contribution in [1.29, 1.82) is 0 Å². The van der Waals surface area contributed by atoms with E-state index in [2.05, 4.69) is 15.4 Å². The Morgan fingerprint density at radius 3 is 2.27 bits per heavy atom. The Hall–Kier alpha value is -4.23. The highest BCUT2D eigenvalue weighted by atomic mass is 32.2. The van der Waals surface area contributed by atoms with Crippen molar-refractivity contribution in [3.05, 3.63) is 72.3 Å². The normalized spacial score (nSPS) is 29.0. The number of hydrogen-bond acceptors (Lipinski definition) is 8. The fraction of sp³-hybridized carbons (Fsp3) is 0.538. The summed E-state index contributed by atoms with van der Waals surface area (Å²) in [5.41, 5.74) is -0.624. The van der Waals surface area contributed by atoms with Crippen molar-refractivity contribution in [2.45, 2.75) is 113 Å². The number of benzene rings is 2. The number of allylic oxidation sites excluding steroid dienone is 1. The molecule has 0 radical (unpaired) electrons. The highest BCUT2D eigenvalue weighted by molar-refractivity contribution is 7.91. The molecule has 2 saturated carbocycles. The van der Waals surface area contributed by atoms with Crippen LogP contribution in [-0.2, 0) is 39.5 Å². The van der Waals surface area contributed by atoms with E-state index in [1.54, 1.807) is 20.8 Å². The van der Waals surface area contributed by atoms with E-state index < -0.39 is 73.8 Å². The molecule has 2 aliphatic carbocycles. The Morgan fingerprint density at radius 1 is 0.923 bits per heavy atom. The molecule has 4 aliphatic rings. The molecule has 2 heterocycles. The molecule has 5 atom stereocenters. The van der Waals surface area contributed by atoms with E-state index in [0.717, 1.165) is 29.5 Å². The van der Waals surface area contributed by atoms with Crippen molar-refractivity contribution in [2.24, 2.45) is 5.92 Å². The van der Waals surface area contributed by atoms with Gasteiger partial charge in [-0.1, -0.05) is 79.6 Å². The number of fused-ring (bicyclic) bond motifs is 2. The fourth-order valence-corrected chi connectivity index (χ4v) is 8.70. The lowest BCUT2D eigenvalue weighted by molar-refractivity contribution is -0.141. The molecule has 2 aromatic carbocycles. The average molecular weight is 735 g/mol. The summed E-state index contributed by atoms with van der Waals surface area (Å²) in [5, 5.41) is 5.07. The van der Waals surface area contributed by atoms with Crippen LogP contribution in [0.25, 0.3) is 11.1 Å². The molecule has 0 spiro atoms. The summed E-state index contributed by atoms with van der Waals surface area (Å²) in [4.78, 5) is 57.3. The van der Waals surface area contributed by atoms with Gasteiger partial charge in [-0.25, -0.2) is 13.2 Å². The molecule has 13 heteroatoms. The van der Waals surface area contributed by atoms with Gasteiger partial charge >= 0.3 is 6.09 Å². The Morgan fingerprint density at radius 2 is 1.62 bits per heavy atom. The van der Waals surface area contributed by atoms with Crippen molar-refractivity contribution >= 4 is 33.8 Å². The Labute approximate surface area is 306 Å². The van der Waals surface area contributed by atoms with Crippen LogP contribution in [0.15, 0.2) is 66.7 Å². The first-order valence-electron chi connectivity index (χ1n) is 18.2. The third-order valence-corrected chi connectivity index (χ3v) is 12.3. The van der Waals surface area contributed by atoms with Crippen LogP contribution < -0.4 is 15.4 Å². The fourth-order valence-electron chi connectivity index (χ4n) is 7.33. The van der Waals surface area contributed by atoms with Gasteiger partial charge in [-0.2, -0.15) is 0 Å². The molecule has 4 amide bonds. The van der Waals surface area contributed by atoms with E-state index in [-0.39, 0.29) is 19.4 Å². The zero-order chi connectivity index (χ0) is 37.3. The second-order valence-electron chi connectivity index (χ2n) is 15.5. The van der Waals surface area contributed by atoms with E-state index in [4.69, 9.17) is 9.47 Å². The number of methoxy groups -OCH3 is 1. The molecule has 2 aromatic rings. The number of sulfonamides is 1. The maximum absolute atomic E-state index is 14.6. The lowest BCUT2D eigenvalue weighted by atomic mass is 9.89. The summed E-state index contributed by atoms with van der Waals surface area (Å²) in [6, 6.07) is 15.6. The molecule has 1 unspecified atom stereocenters. The highest BCUT2D eigenvalue weighted by Gasteiger charge is 2.62.